The van der Waals surface area contributed by atoms with Gasteiger partial charge in [-0.25, -0.2) is 0 Å². The van der Waals surface area contributed by atoms with Crippen molar-refractivity contribution in [2.75, 3.05) is 4.90 Å². The van der Waals surface area contributed by atoms with Gasteiger partial charge in [-0.15, -0.1) is 12.4 Å². The second-order valence-electron chi connectivity index (χ2n) is 4.95. The van der Waals surface area contributed by atoms with Gasteiger partial charge < -0.3 is 0 Å². The van der Waals surface area contributed by atoms with Crippen molar-refractivity contribution in [2.24, 2.45) is 0 Å². The fraction of sp³-hybridized carbons (Fsp3) is 0. The van der Waals surface area contributed by atoms with Gasteiger partial charge in [0.05, 0.1) is 22.5 Å². The molecule has 0 N–H and O–H groups in total. The molecule has 0 aliphatic heterocycles. The molecular weight excluding hydrogens is 402 g/mol. The highest BCUT2D eigenvalue weighted by Gasteiger charge is 2.22. The molecule has 1 heterocycles. The van der Waals surface area contributed by atoms with Crippen LogP contribution in [-0.4, -0.2) is 10.9 Å². The van der Waals surface area contributed by atoms with Crippen LogP contribution in [0, 0.1) is 0 Å². The molecule has 0 aliphatic carbocycles. The van der Waals surface area contributed by atoms with Crippen LogP contribution in [0.25, 0.3) is 0 Å². The van der Waals surface area contributed by atoms with Crippen LogP contribution in [0.5, 0.6) is 0 Å². The predicted octanol–water partition coefficient (Wildman–Crippen LogP) is 6.44. The maximum Gasteiger partial charge on any atom is 0.264 e. The number of benzene rings is 2. The molecular formula is C18H12Cl4N2O. The molecule has 3 nitrogen and oxygen atoms in total. The molecule has 0 aliphatic rings. The number of amides is 1. The van der Waals surface area contributed by atoms with Crippen LogP contribution in [0.2, 0.25) is 15.1 Å². The second-order valence-corrected chi connectivity index (χ2v) is 6.23. The van der Waals surface area contributed by atoms with E-state index in [2.05, 4.69) is 4.98 Å². The second kappa shape index (κ2) is 8.54. The summed E-state index contributed by atoms with van der Waals surface area (Å²) < 4.78 is 0. The maximum absolute atomic E-state index is 13.1. The summed E-state index contributed by atoms with van der Waals surface area (Å²) in [6, 6.07) is 15.3. The van der Waals surface area contributed by atoms with Crippen molar-refractivity contribution in [3.63, 3.8) is 0 Å². The Morgan fingerprint density at radius 2 is 1.56 bits per heavy atom. The molecule has 0 unspecified atom stereocenters. The van der Waals surface area contributed by atoms with Gasteiger partial charge in [-0.3, -0.25) is 14.7 Å². The Kier molecular flexibility index (Phi) is 6.68. The molecule has 0 saturated heterocycles. The summed E-state index contributed by atoms with van der Waals surface area (Å²) in [4.78, 5) is 18.7. The first-order valence-corrected chi connectivity index (χ1v) is 8.15. The van der Waals surface area contributed by atoms with E-state index >= 15 is 0 Å². The summed E-state index contributed by atoms with van der Waals surface area (Å²) in [5.41, 5.74) is 1.62. The van der Waals surface area contributed by atoms with Crippen LogP contribution < -0.4 is 4.90 Å². The van der Waals surface area contributed by atoms with Crippen LogP contribution in [-0.2, 0) is 0 Å². The van der Waals surface area contributed by atoms with Gasteiger partial charge in [-0.05, 0) is 54.6 Å². The molecule has 2 aromatic carbocycles. The molecule has 0 radical (unpaired) electrons. The third-order valence-electron chi connectivity index (χ3n) is 3.35. The van der Waals surface area contributed by atoms with Crippen molar-refractivity contribution in [3.05, 3.63) is 87.6 Å². The minimum Gasteiger partial charge on any atom is -0.275 e. The molecule has 0 fully saturated rings. The van der Waals surface area contributed by atoms with E-state index in [1.807, 2.05) is 0 Å². The first-order valence-electron chi connectivity index (χ1n) is 7.01. The van der Waals surface area contributed by atoms with E-state index in [4.69, 9.17) is 34.8 Å². The number of hydrogen-bond acceptors (Lipinski definition) is 2. The lowest BCUT2D eigenvalue weighted by Crippen LogP contribution is -2.26. The van der Waals surface area contributed by atoms with Crippen molar-refractivity contribution in [1.29, 1.82) is 0 Å². The third kappa shape index (κ3) is 4.44. The average molecular weight is 414 g/mol. The molecule has 0 spiro atoms. The summed E-state index contributed by atoms with van der Waals surface area (Å²) in [5.74, 6) is -0.285. The number of anilines is 2. The number of carbonyl (C=O) groups is 1. The van der Waals surface area contributed by atoms with Gasteiger partial charge in [0.1, 0.15) is 0 Å². The van der Waals surface area contributed by atoms with E-state index in [0.29, 0.717) is 27.0 Å². The minimum absolute atomic E-state index is 0. The minimum atomic E-state index is -0.285. The Bertz CT molecular complexity index is 870. The number of rotatable bonds is 3. The third-order valence-corrected chi connectivity index (χ3v) is 4.15. The SMILES string of the molecule is Cl.O=C(c1ccc(Cl)cc1Cl)N(c1ccc(Cl)cc1)c1cccnc1. The normalized spacial score (nSPS) is 10.0. The van der Waals surface area contributed by atoms with Gasteiger partial charge in [0.25, 0.3) is 5.91 Å². The Balaban J connectivity index is 0.00000225. The zero-order valence-electron chi connectivity index (χ0n) is 12.7. The van der Waals surface area contributed by atoms with E-state index in [0.717, 1.165) is 0 Å². The van der Waals surface area contributed by atoms with Crippen molar-refractivity contribution < 1.29 is 4.79 Å². The zero-order chi connectivity index (χ0) is 17.1. The molecule has 3 rings (SSSR count). The lowest BCUT2D eigenvalue weighted by molar-refractivity contribution is 0.0999. The lowest BCUT2D eigenvalue weighted by atomic mass is 10.1. The van der Waals surface area contributed by atoms with Gasteiger partial charge in [0.2, 0.25) is 0 Å². The number of nitrogens with zero attached hydrogens (tertiary/aromatic N) is 2. The smallest absolute Gasteiger partial charge is 0.264 e. The number of aromatic nitrogens is 1. The van der Waals surface area contributed by atoms with E-state index in [-0.39, 0.29) is 23.3 Å². The Labute approximate surface area is 166 Å². The Morgan fingerprint density at radius 1 is 0.880 bits per heavy atom. The summed E-state index contributed by atoms with van der Waals surface area (Å²) in [6.45, 7) is 0. The molecule has 128 valence electrons. The van der Waals surface area contributed by atoms with Gasteiger partial charge in [0, 0.05) is 21.9 Å². The standard InChI is InChI=1S/C18H11Cl3N2O.ClH/c19-12-3-6-14(7-4-12)23(15-2-1-9-22-11-15)18(24)16-8-5-13(20)10-17(16)21;/h1-11H;1H. The van der Waals surface area contributed by atoms with Gasteiger partial charge in [0.15, 0.2) is 0 Å². The van der Waals surface area contributed by atoms with Crippen molar-refractivity contribution in [2.45, 2.75) is 0 Å². The van der Waals surface area contributed by atoms with Gasteiger partial charge in [-0.2, -0.15) is 0 Å². The highest BCUT2D eigenvalue weighted by molar-refractivity contribution is 6.37. The average Bonchev–Trinajstić information content (AvgIpc) is 2.58. The van der Waals surface area contributed by atoms with E-state index in [9.17, 15) is 4.79 Å². The largest absolute Gasteiger partial charge is 0.275 e. The van der Waals surface area contributed by atoms with Crippen molar-refractivity contribution in [1.82, 2.24) is 4.98 Å². The number of pyridine rings is 1. The zero-order valence-corrected chi connectivity index (χ0v) is 15.8. The van der Waals surface area contributed by atoms with Crippen LogP contribution in [0.15, 0.2) is 67.0 Å². The van der Waals surface area contributed by atoms with Gasteiger partial charge in [-0.1, -0.05) is 34.8 Å². The monoisotopic (exact) mass is 412 g/mol. The van der Waals surface area contributed by atoms with Crippen LogP contribution in [0.4, 0.5) is 11.4 Å². The maximum atomic E-state index is 13.1. The quantitative estimate of drug-likeness (QED) is 0.494. The summed E-state index contributed by atoms with van der Waals surface area (Å²) in [7, 11) is 0. The molecule has 0 saturated carbocycles. The van der Waals surface area contributed by atoms with E-state index < -0.39 is 0 Å². The lowest BCUT2D eigenvalue weighted by Gasteiger charge is -2.23. The first-order chi connectivity index (χ1) is 11.6. The van der Waals surface area contributed by atoms with Crippen LogP contribution in [0.3, 0.4) is 0 Å². The number of halogens is 4. The molecule has 7 heteroatoms. The van der Waals surface area contributed by atoms with Crippen LogP contribution in [0.1, 0.15) is 10.4 Å². The molecule has 1 amide bonds. The molecule has 0 atom stereocenters. The summed E-state index contributed by atoms with van der Waals surface area (Å²) in [6.07, 6.45) is 3.25. The fourth-order valence-electron chi connectivity index (χ4n) is 2.24. The van der Waals surface area contributed by atoms with E-state index in [1.165, 1.54) is 4.90 Å². The molecule has 1 aromatic heterocycles. The molecule has 3 aromatic rings. The fourth-order valence-corrected chi connectivity index (χ4v) is 2.86. The number of carbonyl (C=O) groups excluding carboxylic acids is 1. The van der Waals surface area contributed by atoms with Crippen LogP contribution >= 0.6 is 47.2 Å². The predicted molar refractivity (Wildman–Crippen MR) is 106 cm³/mol. The molecule has 25 heavy (non-hydrogen) atoms. The topological polar surface area (TPSA) is 33.2 Å². The Hall–Kier alpha value is -1.78. The highest BCUT2D eigenvalue weighted by atomic mass is 35.5. The number of hydrogen-bond donors (Lipinski definition) is 0. The first kappa shape index (κ1) is 19.5. The van der Waals surface area contributed by atoms with Crippen molar-refractivity contribution >= 4 is 64.5 Å². The highest BCUT2D eigenvalue weighted by Crippen LogP contribution is 2.30. The summed E-state index contributed by atoms with van der Waals surface area (Å²) in [5, 5.41) is 1.34. The van der Waals surface area contributed by atoms with Gasteiger partial charge >= 0.3 is 0 Å². The summed E-state index contributed by atoms with van der Waals surface area (Å²) >= 11 is 18.1. The van der Waals surface area contributed by atoms with Crippen molar-refractivity contribution in [3.8, 4) is 0 Å². The van der Waals surface area contributed by atoms with E-state index in [1.54, 1.807) is 67.0 Å². The molecule has 0 bridgehead atoms. The Morgan fingerprint density at radius 3 is 2.16 bits per heavy atom.